The SMILES string of the molecule is COC(=O)c1ccc(CNN)cc1C. The number of benzene rings is 1. The third-order valence-electron chi connectivity index (χ3n) is 2.00. The van der Waals surface area contributed by atoms with E-state index >= 15 is 0 Å². The molecule has 0 saturated heterocycles. The van der Waals surface area contributed by atoms with E-state index in [1.807, 2.05) is 19.1 Å². The molecule has 0 atom stereocenters. The Morgan fingerprint density at radius 2 is 2.29 bits per heavy atom. The minimum atomic E-state index is -0.310. The second-order valence-electron chi connectivity index (χ2n) is 3.02. The topological polar surface area (TPSA) is 64.3 Å². The van der Waals surface area contributed by atoms with Gasteiger partial charge in [-0.05, 0) is 24.1 Å². The van der Waals surface area contributed by atoms with Crippen LogP contribution >= 0.6 is 0 Å². The lowest BCUT2D eigenvalue weighted by atomic mass is 10.1. The maximum atomic E-state index is 11.2. The lowest BCUT2D eigenvalue weighted by molar-refractivity contribution is 0.0600. The van der Waals surface area contributed by atoms with Gasteiger partial charge in [0.15, 0.2) is 0 Å². The molecule has 0 unspecified atom stereocenters. The summed E-state index contributed by atoms with van der Waals surface area (Å²) in [5.74, 6) is 4.88. The lowest BCUT2D eigenvalue weighted by Gasteiger charge is -2.06. The Hall–Kier alpha value is -1.39. The van der Waals surface area contributed by atoms with E-state index in [1.165, 1.54) is 7.11 Å². The Labute approximate surface area is 83.0 Å². The normalized spacial score (nSPS) is 9.93. The minimum Gasteiger partial charge on any atom is -0.465 e. The van der Waals surface area contributed by atoms with E-state index in [0.717, 1.165) is 11.1 Å². The zero-order chi connectivity index (χ0) is 10.6. The van der Waals surface area contributed by atoms with E-state index in [2.05, 4.69) is 10.2 Å². The van der Waals surface area contributed by atoms with E-state index in [9.17, 15) is 4.79 Å². The number of hydrazine groups is 1. The van der Waals surface area contributed by atoms with Crippen LogP contribution in [0.1, 0.15) is 21.5 Å². The predicted molar refractivity (Wildman–Crippen MR) is 53.5 cm³/mol. The van der Waals surface area contributed by atoms with Crippen LogP contribution in [0.2, 0.25) is 0 Å². The molecule has 0 amide bonds. The molecule has 0 heterocycles. The highest BCUT2D eigenvalue weighted by Crippen LogP contribution is 2.11. The standard InChI is InChI=1S/C10H14N2O2/c1-7-5-8(6-12-11)3-4-9(7)10(13)14-2/h3-5,12H,6,11H2,1-2H3. The molecule has 1 aromatic carbocycles. The lowest BCUT2D eigenvalue weighted by Crippen LogP contribution is -2.21. The average molecular weight is 194 g/mol. The molecule has 1 aromatic rings. The van der Waals surface area contributed by atoms with Crippen molar-refractivity contribution in [2.45, 2.75) is 13.5 Å². The van der Waals surface area contributed by atoms with E-state index < -0.39 is 0 Å². The van der Waals surface area contributed by atoms with Crippen molar-refractivity contribution in [1.29, 1.82) is 0 Å². The number of carbonyl (C=O) groups is 1. The Bertz CT molecular complexity index is 337. The smallest absolute Gasteiger partial charge is 0.338 e. The first kappa shape index (κ1) is 10.7. The molecule has 3 N–H and O–H groups in total. The molecule has 0 bridgehead atoms. The first-order chi connectivity index (χ1) is 6.69. The number of nitrogens with two attached hydrogens (primary N) is 1. The van der Waals surface area contributed by atoms with Crippen molar-refractivity contribution >= 4 is 5.97 Å². The molecule has 0 aliphatic rings. The Kier molecular flexibility index (Phi) is 3.62. The quantitative estimate of drug-likeness (QED) is 0.423. The summed E-state index contributed by atoms with van der Waals surface area (Å²) in [6.07, 6.45) is 0. The summed E-state index contributed by atoms with van der Waals surface area (Å²) < 4.78 is 4.64. The number of hydrogen-bond donors (Lipinski definition) is 2. The first-order valence-electron chi connectivity index (χ1n) is 4.30. The average Bonchev–Trinajstić information content (AvgIpc) is 2.17. The molecule has 1 rings (SSSR count). The van der Waals surface area contributed by atoms with Gasteiger partial charge in [0.25, 0.3) is 0 Å². The molecule has 4 heteroatoms. The molecule has 0 radical (unpaired) electrons. The zero-order valence-corrected chi connectivity index (χ0v) is 8.33. The van der Waals surface area contributed by atoms with Gasteiger partial charge in [0.05, 0.1) is 12.7 Å². The third-order valence-corrected chi connectivity index (χ3v) is 2.00. The van der Waals surface area contributed by atoms with E-state index in [-0.39, 0.29) is 5.97 Å². The molecule has 0 aliphatic heterocycles. The number of esters is 1. The van der Waals surface area contributed by atoms with E-state index in [1.54, 1.807) is 6.07 Å². The van der Waals surface area contributed by atoms with Gasteiger partial charge in [0.2, 0.25) is 0 Å². The van der Waals surface area contributed by atoms with Crippen LogP contribution in [0.4, 0.5) is 0 Å². The number of rotatable bonds is 3. The molecule has 4 nitrogen and oxygen atoms in total. The molecule has 0 aliphatic carbocycles. The van der Waals surface area contributed by atoms with Crippen molar-refractivity contribution in [3.05, 3.63) is 34.9 Å². The molecular formula is C10H14N2O2. The zero-order valence-electron chi connectivity index (χ0n) is 8.33. The van der Waals surface area contributed by atoms with Gasteiger partial charge in [-0.2, -0.15) is 0 Å². The van der Waals surface area contributed by atoms with Crippen LogP contribution in [0.5, 0.6) is 0 Å². The van der Waals surface area contributed by atoms with Crippen LogP contribution in [-0.2, 0) is 11.3 Å². The molecule has 0 saturated carbocycles. The fraction of sp³-hybridized carbons (Fsp3) is 0.300. The van der Waals surface area contributed by atoms with Crippen molar-refractivity contribution in [2.24, 2.45) is 5.84 Å². The van der Waals surface area contributed by atoms with E-state index in [4.69, 9.17) is 5.84 Å². The number of ether oxygens (including phenoxy) is 1. The second-order valence-corrected chi connectivity index (χ2v) is 3.02. The molecule has 0 aromatic heterocycles. The fourth-order valence-electron chi connectivity index (χ4n) is 1.29. The summed E-state index contributed by atoms with van der Waals surface area (Å²) in [5.41, 5.74) is 5.08. The summed E-state index contributed by atoms with van der Waals surface area (Å²) >= 11 is 0. The summed E-state index contributed by atoms with van der Waals surface area (Å²) in [4.78, 5) is 11.2. The first-order valence-corrected chi connectivity index (χ1v) is 4.30. The summed E-state index contributed by atoms with van der Waals surface area (Å²) in [6.45, 7) is 2.45. The molecule has 14 heavy (non-hydrogen) atoms. The van der Waals surface area contributed by atoms with Gasteiger partial charge in [-0.25, -0.2) is 4.79 Å². The maximum Gasteiger partial charge on any atom is 0.338 e. The van der Waals surface area contributed by atoms with Crippen LogP contribution in [0.25, 0.3) is 0 Å². The third kappa shape index (κ3) is 2.31. The number of carbonyl (C=O) groups excluding carboxylic acids is 1. The van der Waals surface area contributed by atoms with Crippen LogP contribution in [0.3, 0.4) is 0 Å². The number of aryl methyl sites for hydroxylation is 1. The number of nitrogens with one attached hydrogen (secondary N) is 1. The molecule has 0 spiro atoms. The predicted octanol–water partition coefficient (Wildman–Crippen LogP) is 0.745. The van der Waals surface area contributed by atoms with Gasteiger partial charge < -0.3 is 4.74 Å². The largest absolute Gasteiger partial charge is 0.465 e. The van der Waals surface area contributed by atoms with Gasteiger partial charge in [-0.15, -0.1) is 0 Å². The van der Waals surface area contributed by atoms with Gasteiger partial charge in [-0.1, -0.05) is 12.1 Å². The fourth-order valence-corrected chi connectivity index (χ4v) is 1.29. The van der Waals surface area contributed by atoms with Gasteiger partial charge in [0.1, 0.15) is 0 Å². The monoisotopic (exact) mass is 194 g/mol. The maximum absolute atomic E-state index is 11.2. The van der Waals surface area contributed by atoms with Crippen molar-refractivity contribution in [3.8, 4) is 0 Å². The van der Waals surface area contributed by atoms with Gasteiger partial charge in [0, 0.05) is 6.54 Å². The number of hydrogen-bond acceptors (Lipinski definition) is 4. The highest BCUT2D eigenvalue weighted by molar-refractivity contribution is 5.90. The minimum absolute atomic E-state index is 0.310. The van der Waals surface area contributed by atoms with Crippen LogP contribution in [-0.4, -0.2) is 13.1 Å². The van der Waals surface area contributed by atoms with Crippen molar-refractivity contribution in [1.82, 2.24) is 5.43 Å². The Morgan fingerprint density at radius 1 is 1.57 bits per heavy atom. The Morgan fingerprint density at radius 3 is 2.79 bits per heavy atom. The highest BCUT2D eigenvalue weighted by Gasteiger charge is 2.08. The van der Waals surface area contributed by atoms with Gasteiger partial charge in [-0.3, -0.25) is 11.3 Å². The molecular weight excluding hydrogens is 180 g/mol. The van der Waals surface area contributed by atoms with Crippen LogP contribution < -0.4 is 11.3 Å². The van der Waals surface area contributed by atoms with Crippen molar-refractivity contribution in [3.63, 3.8) is 0 Å². The number of methoxy groups -OCH3 is 1. The molecule has 0 fully saturated rings. The summed E-state index contributed by atoms with van der Waals surface area (Å²) in [5, 5.41) is 0. The van der Waals surface area contributed by atoms with Crippen LogP contribution in [0.15, 0.2) is 18.2 Å². The summed E-state index contributed by atoms with van der Waals surface area (Å²) in [6, 6.07) is 5.50. The Balaban J connectivity index is 2.95. The summed E-state index contributed by atoms with van der Waals surface area (Å²) in [7, 11) is 1.37. The molecule has 76 valence electrons. The van der Waals surface area contributed by atoms with Crippen molar-refractivity contribution < 1.29 is 9.53 Å². The highest BCUT2D eigenvalue weighted by atomic mass is 16.5. The van der Waals surface area contributed by atoms with Crippen LogP contribution in [0, 0.1) is 6.92 Å². The van der Waals surface area contributed by atoms with Gasteiger partial charge >= 0.3 is 5.97 Å². The van der Waals surface area contributed by atoms with Crippen molar-refractivity contribution in [2.75, 3.05) is 7.11 Å². The van der Waals surface area contributed by atoms with E-state index in [0.29, 0.717) is 12.1 Å². The second kappa shape index (κ2) is 4.74.